The Morgan fingerprint density at radius 2 is 2.04 bits per heavy atom. The third-order valence-electron chi connectivity index (χ3n) is 3.32. The van der Waals surface area contributed by atoms with Crippen LogP contribution in [0.4, 0.5) is 5.00 Å². The number of nitriles is 1. The number of nitrogen functional groups attached to an aromatic ring is 1. The number of halogens is 2. The van der Waals surface area contributed by atoms with Gasteiger partial charge in [-0.3, -0.25) is 0 Å². The van der Waals surface area contributed by atoms with Gasteiger partial charge in [-0.1, -0.05) is 29.3 Å². The Morgan fingerprint density at radius 1 is 1.30 bits per heavy atom. The lowest BCUT2D eigenvalue weighted by Gasteiger charge is -2.05. The first-order valence-electron chi connectivity index (χ1n) is 7.65. The van der Waals surface area contributed by atoms with Gasteiger partial charge in [-0.15, -0.1) is 11.3 Å². The molecule has 2 N–H and O–H groups in total. The van der Waals surface area contributed by atoms with E-state index < -0.39 is 11.9 Å². The lowest BCUT2D eigenvalue weighted by Crippen LogP contribution is -2.08. The van der Waals surface area contributed by atoms with Gasteiger partial charge >= 0.3 is 11.9 Å². The predicted octanol–water partition coefficient (Wildman–Crippen LogP) is 4.44. The molecule has 140 valence electrons. The molecular formula is C18H14Cl2N2O4S. The lowest BCUT2D eigenvalue weighted by atomic mass is 10.1. The number of nitrogens with two attached hydrogens (primary N) is 1. The SMILES string of the molecule is CCOC(=O)c1sc(N)c(C#N)c1COC(=O)/C=C/c1ccc(Cl)c(Cl)c1. The quantitative estimate of drug-likeness (QED) is 0.542. The minimum absolute atomic E-state index is 0.101. The molecule has 6 nitrogen and oxygen atoms in total. The van der Waals surface area contributed by atoms with Crippen LogP contribution in [0.15, 0.2) is 24.3 Å². The summed E-state index contributed by atoms with van der Waals surface area (Å²) in [6.45, 7) is 1.55. The summed E-state index contributed by atoms with van der Waals surface area (Å²) in [5.74, 6) is -1.28. The van der Waals surface area contributed by atoms with E-state index in [0.29, 0.717) is 15.6 Å². The molecule has 0 bridgehead atoms. The van der Waals surface area contributed by atoms with Crippen molar-refractivity contribution in [3.05, 3.63) is 55.9 Å². The molecule has 0 saturated heterocycles. The molecular weight excluding hydrogens is 411 g/mol. The van der Waals surface area contributed by atoms with Crippen molar-refractivity contribution in [1.29, 1.82) is 5.26 Å². The second-order valence-corrected chi connectivity index (χ2v) is 6.96. The molecule has 1 heterocycles. The number of carbonyl (C=O) groups excluding carboxylic acids is 2. The van der Waals surface area contributed by atoms with Gasteiger partial charge in [0.1, 0.15) is 22.6 Å². The molecule has 0 fully saturated rings. The number of ether oxygens (including phenoxy) is 2. The van der Waals surface area contributed by atoms with Gasteiger partial charge in [0.2, 0.25) is 0 Å². The molecule has 27 heavy (non-hydrogen) atoms. The highest BCUT2D eigenvalue weighted by Gasteiger charge is 2.23. The number of carbonyl (C=O) groups is 2. The first kappa shape index (κ1) is 20.8. The molecule has 2 rings (SSSR count). The molecule has 1 aromatic carbocycles. The fourth-order valence-electron chi connectivity index (χ4n) is 2.08. The highest BCUT2D eigenvalue weighted by atomic mass is 35.5. The van der Waals surface area contributed by atoms with Crippen molar-refractivity contribution in [2.75, 3.05) is 12.3 Å². The van der Waals surface area contributed by atoms with Gasteiger partial charge in [-0.25, -0.2) is 9.59 Å². The maximum Gasteiger partial charge on any atom is 0.348 e. The summed E-state index contributed by atoms with van der Waals surface area (Å²) in [4.78, 5) is 24.1. The Bertz CT molecular complexity index is 948. The van der Waals surface area contributed by atoms with Gasteiger partial charge in [-0.2, -0.15) is 5.26 Å². The average Bonchev–Trinajstić information content (AvgIpc) is 2.96. The van der Waals surface area contributed by atoms with Crippen molar-refractivity contribution in [3.63, 3.8) is 0 Å². The molecule has 9 heteroatoms. The van der Waals surface area contributed by atoms with Crippen LogP contribution in [0.1, 0.15) is 33.3 Å². The first-order chi connectivity index (χ1) is 12.9. The molecule has 0 unspecified atom stereocenters. The highest BCUT2D eigenvalue weighted by Crippen LogP contribution is 2.32. The van der Waals surface area contributed by atoms with Crippen LogP contribution in [-0.4, -0.2) is 18.5 Å². The second-order valence-electron chi connectivity index (χ2n) is 5.10. The summed E-state index contributed by atoms with van der Waals surface area (Å²) in [5, 5.41) is 10.2. The normalized spacial score (nSPS) is 10.6. The van der Waals surface area contributed by atoms with E-state index in [1.54, 1.807) is 25.1 Å². The number of nitrogens with zero attached hydrogens (tertiary/aromatic N) is 1. The van der Waals surface area contributed by atoms with E-state index in [0.717, 1.165) is 11.3 Å². The maximum absolute atomic E-state index is 12.0. The van der Waals surface area contributed by atoms with Crippen molar-refractivity contribution < 1.29 is 19.1 Å². The minimum atomic E-state index is -0.662. The van der Waals surface area contributed by atoms with E-state index in [1.807, 2.05) is 6.07 Å². The van der Waals surface area contributed by atoms with E-state index in [9.17, 15) is 14.9 Å². The van der Waals surface area contributed by atoms with Crippen molar-refractivity contribution in [2.45, 2.75) is 13.5 Å². The van der Waals surface area contributed by atoms with Gasteiger partial charge in [0.25, 0.3) is 0 Å². The third-order valence-corrected chi connectivity index (χ3v) is 5.10. The standard InChI is InChI=1S/C18H14Cl2N2O4S/c1-2-25-18(24)16-12(11(8-21)17(22)27-16)9-26-15(23)6-4-10-3-5-13(19)14(20)7-10/h3-7H,2,9,22H2,1H3/b6-4+. The van der Waals surface area contributed by atoms with E-state index >= 15 is 0 Å². The molecule has 0 aliphatic rings. The second kappa shape index (κ2) is 9.42. The number of thiophene rings is 1. The van der Waals surface area contributed by atoms with Crippen LogP contribution < -0.4 is 5.73 Å². The maximum atomic E-state index is 12.0. The van der Waals surface area contributed by atoms with Gasteiger partial charge in [0.15, 0.2) is 0 Å². The first-order valence-corrected chi connectivity index (χ1v) is 9.22. The highest BCUT2D eigenvalue weighted by molar-refractivity contribution is 7.18. The fourth-order valence-corrected chi connectivity index (χ4v) is 3.30. The Kier molecular flexibility index (Phi) is 7.25. The van der Waals surface area contributed by atoms with Crippen LogP contribution in [0.3, 0.4) is 0 Å². The van der Waals surface area contributed by atoms with E-state index in [2.05, 4.69) is 0 Å². The molecule has 2 aromatic rings. The summed E-state index contributed by atoms with van der Waals surface area (Å²) < 4.78 is 10.1. The number of rotatable bonds is 6. The molecule has 0 aliphatic heterocycles. The molecule has 1 aromatic heterocycles. The van der Waals surface area contributed by atoms with Crippen LogP contribution in [0.5, 0.6) is 0 Å². The van der Waals surface area contributed by atoms with E-state index in [-0.39, 0.29) is 34.2 Å². The number of benzene rings is 1. The van der Waals surface area contributed by atoms with Crippen molar-refractivity contribution >= 4 is 57.6 Å². The Morgan fingerprint density at radius 3 is 2.67 bits per heavy atom. The van der Waals surface area contributed by atoms with Crippen molar-refractivity contribution in [3.8, 4) is 6.07 Å². The molecule has 0 amide bonds. The fraction of sp³-hybridized carbons (Fsp3) is 0.167. The Balaban J connectivity index is 2.12. The molecule has 0 spiro atoms. The van der Waals surface area contributed by atoms with Crippen molar-refractivity contribution in [2.24, 2.45) is 0 Å². The van der Waals surface area contributed by atoms with Crippen LogP contribution in [-0.2, 0) is 20.9 Å². The molecule has 0 radical (unpaired) electrons. The average molecular weight is 425 g/mol. The van der Waals surface area contributed by atoms with Gasteiger partial charge in [0.05, 0.1) is 22.2 Å². The molecule has 0 saturated carbocycles. The topological polar surface area (TPSA) is 102 Å². The largest absolute Gasteiger partial charge is 0.462 e. The zero-order chi connectivity index (χ0) is 20.0. The van der Waals surface area contributed by atoms with Crippen LogP contribution >= 0.6 is 34.5 Å². The summed E-state index contributed by atoms with van der Waals surface area (Å²) in [5.41, 5.74) is 6.76. The van der Waals surface area contributed by atoms with E-state index in [1.165, 1.54) is 12.2 Å². The van der Waals surface area contributed by atoms with Gasteiger partial charge in [0, 0.05) is 11.6 Å². The van der Waals surface area contributed by atoms with Crippen molar-refractivity contribution in [1.82, 2.24) is 0 Å². The van der Waals surface area contributed by atoms with Gasteiger partial charge in [-0.05, 0) is 30.7 Å². The van der Waals surface area contributed by atoms with Gasteiger partial charge < -0.3 is 15.2 Å². The number of hydrogen-bond acceptors (Lipinski definition) is 7. The summed E-state index contributed by atoms with van der Waals surface area (Å²) in [6.07, 6.45) is 2.70. The number of esters is 2. The number of anilines is 1. The Labute approximate surface area is 169 Å². The molecule has 0 aliphatic carbocycles. The lowest BCUT2D eigenvalue weighted by molar-refractivity contribution is -0.138. The monoisotopic (exact) mass is 424 g/mol. The third kappa shape index (κ3) is 5.23. The van der Waals surface area contributed by atoms with Crippen LogP contribution in [0.2, 0.25) is 10.0 Å². The zero-order valence-electron chi connectivity index (χ0n) is 14.1. The Hall–Kier alpha value is -2.53. The summed E-state index contributed by atoms with van der Waals surface area (Å²) in [6, 6.07) is 6.80. The van der Waals surface area contributed by atoms with Crippen LogP contribution in [0, 0.1) is 11.3 Å². The summed E-state index contributed by atoms with van der Waals surface area (Å²) in [7, 11) is 0. The zero-order valence-corrected chi connectivity index (χ0v) is 16.5. The minimum Gasteiger partial charge on any atom is -0.462 e. The summed E-state index contributed by atoms with van der Waals surface area (Å²) >= 11 is 12.7. The number of hydrogen-bond donors (Lipinski definition) is 1. The van der Waals surface area contributed by atoms with Crippen LogP contribution in [0.25, 0.3) is 6.08 Å². The predicted molar refractivity (Wildman–Crippen MR) is 105 cm³/mol. The molecule has 0 atom stereocenters. The van der Waals surface area contributed by atoms with E-state index in [4.69, 9.17) is 38.4 Å². The smallest absolute Gasteiger partial charge is 0.348 e.